The molecule has 2 rings (SSSR count). The van der Waals surface area contributed by atoms with Gasteiger partial charge in [-0.2, -0.15) is 0 Å². The van der Waals surface area contributed by atoms with Crippen LogP contribution in [0.1, 0.15) is 5.56 Å². The average Bonchev–Trinajstić information content (AvgIpc) is 2.44. The number of likely N-dealkylation sites (N-methyl/N-ethyl adjacent to an activating group) is 1. The first-order valence-electron chi connectivity index (χ1n) is 7.12. The van der Waals surface area contributed by atoms with E-state index in [1.165, 1.54) is 0 Å². The lowest BCUT2D eigenvalue weighted by Gasteiger charge is -2.31. The quantitative estimate of drug-likeness (QED) is 0.688. The number of halogens is 3. The summed E-state index contributed by atoms with van der Waals surface area (Å²) >= 11 is 18.5. The molecule has 118 valence electrons. The lowest BCUT2D eigenvalue weighted by atomic mass is 10.2. The Kier molecular flexibility index (Phi) is 5.99. The molecule has 0 spiro atoms. The smallest absolute Gasteiger partial charge is 0.107 e. The summed E-state index contributed by atoms with van der Waals surface area (Å²) in [5.41, 5.74) is 2.07. The first-order chi connectivity index (χ1) is 10.4. The molecule has 2 aromatic carbocycles. The molecule has 22 heavy (non-hydrogen) atoms. The van der Waals surface area contributed by atoms with Gasteiger partial charge in [-0.25, -0.2) is 0 Å². The molecule has 0 radical (unpaired) electrons. The number of rotatable bonds is 6. The van der Waals surface area contributed by atoms with Gasteiger partial charge in [0.1, 0.15) is 6.54 Å². The van der Waals surface area contributed by atoms with Crippen molar-refractivity contribution in [1.82, 2.24) is 0 Å². The Morgan fingerprint density at radius 1 is 0.955 bits per heavy atom. The van der Waals surface area contributed by atoms with Crippen LogP contribution in [0.25, 0.3) is 0 Å². The van der Waals surface area contributed by atoms with Gasteiger partial charge in [0.05, 0.1) is 37.2 Å². The number of nitrogens with one attached hydrogen (secondary N) is 1. The van der Waals surface area contributed by atoms with Gasteiger partial charge in [0.25, 0.3) is 0 Å². The van der Waals surface area contributed by atoms with Crippen LogP contribution in [0.2, 0.25) is 15.1 Å². The van der Waals surface area contributed by atoms with Crippen molar-refractivity contribution in [3.05, 3.63) is 63.1 Å². The fourth-order valence-electron chi connectivity index (χ4n) is 2.29. The third-order valence-electron chi connectivity index (χ3n) is 3.51. The van der Waals surface area contributed by atoms with Crippen LogP contribution in [0.5, 0.6) is 0 Å². The van der Waals surface area contributed by atoms with E-state index in [9.17, 15) is 0 Å². The normalized spacial score (nSPS) is 11.5. The van der Waals surface area contributed by atoms with E-state index in [-0.39, 0.29) is 0 Å². The third-order valence-corrected chi connectivity index (χ3v) is 4.40. The second-order valence-electron chi connectivity index (χ2n) is 5.96. The maximum atomic E-state index is 6.28. The highest BCUT2D eigenvalue weighted by Crippen LogP contribution is 2.30. The Hall–Kier alpha value is -0.930. The number of quaternary nitrogens is 1. The van der Waals surface area contributed by atoms with Gasteiger partial charge in [0.15, 0.2) is 0 Å². The van der Waals surface area contributed by atoms with Crippen LogP contribution in [-0.4, -0.2) is 31.7 Å². The molecule has 2 nitrogen and oxygen atoms in total. The van der Waals surface area contributed by atoms with Crippen molar-refractivity contribution in [3.8, 4) is 0 Å². The number of para-hydroxylation sites is 1. The van der Waals surface area contributed by atoms with Crippen LogP contribution in [0.15, 0.2) is 42.5 Å². The standard InChI is InChI=1S/C17H20Cl3N2/c1-22(2,9-8-21-14-6-4-3-5-7-14)12-15-16(19)10-13(18)11-17(15)20/h3-7,10-11,21H,8-9,12H2,1-2H3/q+1. The van der Waals surface area contributed by atoms with Gasteiger partial charge in [-0.1, -0.05) is 53.0 Å². The predicted octanol–water partition coefficient (Wildman–Crippen LogP) is 5.34. The molecular weight excluding hydrogens is 339 g/mol. The summed E-state index contributed by atoms with van der Waals surface area (Å²) in [5.74, 6) is 0. The van der Waals surface area contributed by atoms with Crippen molar-refractivity contribution in [2.75, 3.05) is 32.5 Å². The second kappa shape index (κ2) is 7.56. The molecule has 0 saturated carbocycles. The maximum absolute atomic E-state index is 6.28. The Balaban J connectivity index is 1.96. The molecule has 0 bridgehead atoms. The molecule has 0 aliphatic carbocycles. The van der Waals surface area contributed by atoms with Crippen molar-refractivity contribution < 1.29 is 4.48 Å². The topological polar surface area (TPSA) is 12.0 Å². The summed E-state index contributed by atoms with van der Waals surface area (Å²) in [6.07, 6.45) is 0. The van der Waals surface area contributed by atoms with Crippen LogP contribution in [0.4, 0.5) is 5.69 Å². The van der Waals surface area contributed by atoms with Crippen LogP contribution in [0, 0.1) is 0 Å². The molecule has 0 unspecified atom stereocenters. The van der Waals surface area contributed by atoms with Crippen molar-refractivity contribution >= 4 is 40.5 Å². The summed E-state index contributed by atoms with van der Waals surface area (Å²) in [7, 11) is 4.32. The largest absolute Gasteiger partial charge is 0.379 e. The average molecular weight is 359 g/mol. The summed E-state index contributed by atoms with van der Waals surface area (Å²) in [6, 6.07) is 13.7. The molecular formula is C17H20Cl3N2+. The molecule has 0 fully saturated rings. The Morgan fingerprint density at radius 2 is 1.55 bits per heavy atom. The highest BCUT2D eigenvalue weighted by atomic mass is 35.5. The van der Waals surface area contributed by atoms with Crippen LogP contribution >= 0.6 is 34.8 Å². The molecule has 1 N–H and O–H groups in total. The van der Waals surface area contributed by atoms with E-state index >= 15 is 0 Å². The minimum absolute atomic E-state index is 0.565. The van der Waals surface area contributed by atoms with Gasteiger partial charge in [-0.3, -0.25) is 0 Å². The van der Waals surface area contributed by atoms with Crippen molar-refractivity contribution in [1.29, 1.82) is 0 Å². The van der Waals surface area contributed by atoms with E-state index in [0.717, 1.165) is 35.4 Å². The van der Waals surface area contributed by atoms with E-state index in [2.05, 4.69) is 31.5 Å². The molecule has 0 atom stereocenters. The monoisotopic (exact) mass is 357 g/mol. The third kappa shape index (κ3) is 5.06. The number of benzene rings is 2. The first-order valence-corrected chi connectivity index (χ1v) is 8.25. The number of nitrogens with zero attached hydrogens (tertiary/aromatic N) is 1. The summed E-state index contributed by atoms with van der Waals surface area (Å²) < 4.78 is 0.779. The molecule has 5 heteroatoms. The molecule has 0 saturated heterocycles. The lowest BCUT2D eigenvalue weighted by Crippen LogP contribution is -2.42. The Bertz CT molecular complexity index is 604. The van der Waals surface area contributed by atoms with E-state index in [1.54, 1.807) is 12.1 Å². The highest BCUT2D eigenvalue weighted by Gasteiger charge is 2.20. The Labute approximate surface area is 147 Å². The predicted molar refractivity (Wildman–Crippen MR) is 97.1 cm³/mol. The fraction of sp³-hybridized carbons (Fsp3) is 0.294. The van der Waals surface area contributed by atoms with Crippen molar-refractivity contribution in [2.45, 2.75) is 6.54 Å². The highest BCUT2D eigenvalue weighted by molar-refractivity contribution is 6.39. The SMILES string of the molecule is C[N+](C)(CCNc1ccccc1)Cc1c(Cl)cc(Cl)cc1Cl. The molecule has 2 aromatic rings. The lowest BCUT2D eigenvalue weighted by molar-refractivity contribution is -0.901. The van der Waals surface area contributed by atoms with Crippen molar-refractivity contribution in [2.24, 2.45) is 0 Å². The zero-order valence-electron chi connectivity index (χ0n) is 12.7. The number of hydrogen-bond acceptors (Lipinski definition) is 1. The zero-order valence-corrected chi connectivity index (χ0v) is 15.0. The van der Waals surface area contributed by atoms with Gasteiger partial charge in [-0.05, 0) is 24.3 Å². The van der Waals surface area contributed by atoms with E-state index in [4.69, 9.17) is 34.8 Å². The van der Waals surface area contributed by atoms with Gasteiger partial charge in [0.2, 0.25) is 0 Å². The van der Waals surface area contributed by atoms with Crippen LogP contribution in [0.3, 0.4) is 0 Å². The minimum atomic E-state index is 0.565. The van der Waals surface area contributed by atoms with E-state index in [0.29, 0.717) is 15.1 Å². The van der Waals surface area contributed by atoms with E-state index < -0.39 is 0 Å². The summed E-state index contributed by atoms with van der Waals surface area (Å²) in [6.45, 7) is 2.58. The first kappa shape index (κ1) is 17.4. The minimum Gasteiger partial charge on any atom is -0.379 e. The molecule has 0 aliphatic rings. The molecule has 0 aliphatic heterocycles. The van der Waals surface area contributed by atoms with Gasteiger partial charge >= 0.3 is 0 Å². The zero-order chi connectivity index (χ0) is 16.2. The van der Waals surface area contributed by atoms with Crippen LogP contribution in [-0.2, 0) is 6.54 Å². The number of hydrogen-bond donors (Lipinski definition) is 1. The number of anilines is 1. The van der Waals surface area contributed by atoms with Crippen LogP contribution < -0.4 is 5.32 Å². The molecule has 0 amide bonds. The molecule has 0 aromatic heterocycles. The fourth-order valence-corrected chi connectivity index (χ4v) is 3.23. The molecule has 0 heterocycles. The van der Waals surface area contributed by atoms with Crippen molar-refractivity contribution in [3.63, 3.8) is 0 Å². The summed E-state index contributed by atoms with van der Waals surface area (Å²) in [5, 5.41) is 5.24. The van der Waals surface area contributed by atoms with Gasteiger partial charge in [-0.15, -0.1) is 0 Å². The Morgan fingerprint density at radius 3 is 2.14 bits per heavy atom. The second-order valence-corrected chi connectivity index (χ2v) is 7.21. The van der Waals surface area contributed by atoms with Gasteiger partial charge < -0.3 is 9.80 Å². The summed E-state index contributed by atoms with van der Waals surface area (Å²) in [4.78, 5) is 0. The van der Waals surface area contributed by atoms with Gasteiger partial charge in [0, 0.05) is 16.3 Å². The van der Waals surface area contributed by atoms with E-state index in [1.807, 2.05) is 18.2 Å². The maximum Gasteiger partial charge on any atom is 0.107 e.